The predicted octanol–water partition coefficient (Wildman–Crippen LogP) is -0.0105. The number of hydrogen-bond acceptors (Lipinski definition) is 2. The van der Waals surface area contributed by atoms with Gasteiger partial charge in [0.15, 0.2) is 0 Å². The van der Waals surface area contributed by atoms with Gasteiger partial charge in [0.05, 0.1) is 0 Å². The molecule has 0 spiro atoms. The van der Waals surface area contributed by atoms with E-state index in [0.29, 0.717) is 0 Å². The third-order valence-corrected chi connectivity index (χ3v) is 1.47. The molecule has 0 aromatic heterocycles. The van der Waals surface area contributed by atoms with Crippen LogP contribution in [0.5, 0.6) is 0 Å². The van der Waals surface area contributed by atoms with E-state index in [1.807, 2.05) is 7.05 Å². The summed E-state index contributed by atoms with van der Waals surface area (Å²) in [5.74, 6) is 0. The van der Waals surface area contributed by atoms with E-state index in [0.717, 1.165) is 12.6 Å². The van der Waals surface area contributed by atoms with Crippen LogP contribution in [0.1, 0.15) is 6.42 Å². The van der Waals surface area contributed by atoms with Crippen molar-refractivity contribution in [3.8, 4) is 0 Å². The van der Waals surface area contributed by atoms with Crippen LogP contribution in [0.4, 0.5) is 0 Å². The zero-order valence-corrected chi connectivity index (χ0v) is 5.92. The number of halogens is 1. The molecule has 1 fully saturated rings. The minimum absolute atomic E-state index is 0. The molecule has 2 N–H and O–H groups in total. The standard InChI is InChI=1S/C5H12N2.ClH/c1-6-5-2-3-7-4-5;/h5-7H,2-4H2,1H3;1H/t5-;/m0./s1. The van der Waals surface area contributed by atoms with Gasteiger partial charge in [-0.05, 0) is 20.0 Å². The average Bonchev–Trinajstić information content (AvgIpc) is 2.14. The van der Waals surface area contributed by atoms with Crippen molar-refractivity contribution in [1.82, 2.24) is 10.6 Å². The molecule has 0 aromatic rings. The van der Waals surface area contributed by atoms with Crippen molar-refractivity contribution >= 4 is 12.4 Å². The van der Waals surface area contributed by atoms with Crippen LogP contribution < -0.4 is 10.6 Å². The lowest BCUT2D eigenvalue weighted by molar-refractivity contribution is 0.611. The quantitative estimate of drug-likeness (QED) is 0.530. The molecule has 0 aliphatic carbocycles. The second kappa shape index (κ2) is 4.13. The number of nitrogens with one attached hydrogen (secondary N) is 2. The molecule has 1 heterocycles. The first-order chi connectivity index (χ1) is 3.43. The Morgan fingerprint density at radius 1 is 1.62 bits per heavy atom. The molecule has 0 unspecified atom stereocenters. The maximum atomic E-state index is 3.26. The number of rotatable bonds is 1. The van der Waals surface area contributed by atoms with Gasteiger partial charge in [-0.3, -0.25) is 0 Å². The summed E-state index contributed by atoms with van der Waals surface area (Å²) < 4.78 is 0. The van der Waals surface area contributed by atoms with Crippen molar-refractivity contribution in [3.05, 3.63) is 0 Å². The lowest BCUT2D eigenvalue weighted by Gasteiger charge is -2.02. The molecule has 0 bridgehead atoms. The fourth-order valence-electron chi connectivity index (χ4n) is 0.901. The van der Waals surface area contributed by atoms with E-state index < -0.39 is 0 Å². The fraction of sp³-hybridized carbons (Fsp3) is 1.00. The Morgan fingerprint density at radius 2 is 2.38 bits per heavy atom. The van der Waals surface area contributed by atoms with E-state index in [9.17, 15) is 0 Å². The molecule has 0 saturated carbocycles. The van der Waals surface area contributed by atoms with Crippen molar-refractivity contribution in [1.29, 1.82) is 0 Å². The van der Waals surface area contributed by atoms with Gasteiger partial charge in [-0.25, -0.2) is 0 Å². The molecule has 0 radical (unpaired) electrons. The summed E-state index contributed by atoms with van der Waals surface area (Å²) >= 11 is 0. The van der Waals surface area contributed by atoms with E-state index in [1.54, 1.807) is 0 Å². The highest BCUT2D eigenvalue weighted by molar-refractivity contribution is 5.85. The van der Waals surface area contributed by atoms with E-state index in [1.165, 1.54) is 13.0 Å². The molecule has 1 rings (SSSR count). The molecular formula is C5H13ClN2. The summed E-state index contributed by atoms with van der Waals surface area (Å²) in [5, 5.41) is 6.46. The summed E-state index contributed by atoms with van der Waals surface area (Å²) in [5.41, 5.74) is 0. The third-order valence-electron chi connectivity index (χ3n) is 1.47. The zero-order valence-electron chi connectivity index (χ0n) is 5.11. The molecule has 50 valence electrons. The summed E-state index contributed by atoms with van der Waals surface area (Å²) in [4.78, 5) is 0. The van der Waals surface area contributed by atoms with E-state index >= 15 is 0 Å². The van der Waals surface area contributed by atoms with Crippen LogP contribution in [0.3, 0.4) is 0 Å². The Labute approximate surface area is 56.4 Å². The highest BCUT2D eigenvalue weighted by Gasteiger charge is 2.09. The molecule has 0 aromatic carbocycles. The smallest absolute Gasteiger partial charge is 0.0201 e. The monoisotopic (exact) mass is 136 g/mol. The summed E-state index contributed by atoms with van der Waals surface area (Å²) in [6.45, 7) is 2.34. The second-order valence-electron chi connectivity index (χ2n) is 1.98. The van der Waals surface area contributed by atoms with Gasteiger partial charge in [0, 0.05) is 12.6 Å². The van der Waals surface area contributed by atoms with Crippen LogP contribution in [0, 0.1) is 0 Å². The maximum Gasteiger partial charge on any atom is 0.0201 e. The molecule has 0 amide bonds. The molecule has 8 heavy (non-hydrogen) atoms. The van der Waals surface area contributed by atoms with Gasteiger partial charge in [-0.15, -0.1) is 12.4 Å². The molecular weight excluding hydrogens is 124 g/mol. The summed E-state index contributed by atoms with van der Waals surface area (Å²) in [7, 11) is 2.01. The number of likely N-dealkylation sites (N-methyl/N-ethyl adjacent to an activating group) is 1. The SMILES string of the molecule is CN[C@H]1CCNC1.Cl. The molecule has 1 atom stereocenters. The Kier molecular flexibility index (Phi) is 4.23. The summed E-state index contributed by atoms with van der Waals surface area (Å²) in [6, 6.07) is 0.736. The van der Waals surface area contributed by atoms with Crippen LogP contribution in [0.25, 0.3) is 0 Å². The van der Waals surface area contributed by atoms with Crippen LogP contribution in [0.15, 0.2) is 0 Å². The van der Waals surface area contributed by atoms with Crippen molar-refractivity contribution in [2.45, 2.75) is 12.5 Å². The highest BCUT2D eigenvalue weighted by atomic mass is 35.5. The average molecular weight is 137 g/mol. The Balaban J connectivity index is 0.000000490. The van der Waals surface area contributed by atoms with Crippen molar-refractivity contribution in [2.24, 2.45) is 0 Å². The third kappa shape index (κ3) is 1.99. The van der Waals surface area contributed by atoms with Crippen LogP contribution >= 0.6 is 12.4 Å². The maximum absolute atomic E-state index is 3.26. The molecule has 1 saturated heterocycles. The van der Waals surface area contributed by atoms with Gasteiger partial charge < -0.3 is 10.6 Å². The van der Waals surface area contributed by atoms with Gasteiger partial charge in [0.25, 0.3) is 0 Å². The minimum Gasteiger partial charge on any atom is -0.316 e. The minimum atomic E-state index is 0. The van der Waals surface area contributed by atoms with Crippen LogP contribution in [-0.4, -0.2) is 26.2 Å². The highest BCUT2D eigenvalue weighted by Crippen LogP contribution is 1.93. The first-order valence-electron chi connectivity index (χ1n) is 2.81. The molecule has 1 aliphatic heterocycles. The van der Waals surface area contributed by atoms with Gasteiger partial charge in [0.1, 0.15) is 0 Å². The normalized spacial score (nSPS) is 27.4. The largest absolute Gasteiger partial charge is 0.316 e. The van der Waals surface area contributed by atoms with Crippen molar-refractivity contribution in [2.75, 3.05) is 20.1 Å². The number of hydrogen-bond donors (Lipinski definition) is 2. The Morgan fingerprint density at radius 3 is 2.62 bits per heavy atom. The lowest BCUT2D eigenvalue weighted by atomic mass is 10.3. The Bertz CT molecular complexity index is 52.4. The van der Waals surface area contributed by atoms with Crippen LogP contribution in [-0.2, 0) is 0 Å². The van der Waals surface area contributed by atoms with Crippen molar-refractivity contribution < 1.29 is 0 Å². The van der Waals surface area contributed by atoms with Crippen LogP contribution in [0.2, 0.25) is 0 Å². The lowest BCUT2D eigenvalue weighted by Crippen LogP contribution is -2.26. The van der Waals surface area contributed by atoms with Gasteiger partial charge in [0.2, 0.25) is 0 Å². The molecule has 3 heteroatoms. The van der Waals surface area contributed by atoms with Gasteiger partial charge in [-0.2, -0.15) is 0 Å². The van der Waals surface area contributed by atoms with Gasteiger partial charge in [-0.1, -0.05) is 0 Å². The predicted molar refractivity (Wildman–Crippen MR) is 37.6 cm³/mol. The van der Waals surface area contributed by atoms with Crippen molar-refractivity contribution in [3.63, 3.8) is 0 Å². The molecule has 1 aliphatic rings. The summed E-state index contributed by atoms with van der Waals surface area (Å²) in [6.07, 6.45) is 1.29. The van der Waals surface area contributed by atoms with Gasteiger partial charge >= 0.3 is 0 Å². The zero-order chi connectivity index (χ0) is 5.11. The fourth-order valence-corrected chi connectivity index (χ4v) is 0.901. The Hall–Kier alpha value is 0.210. The first kappa shape index (κ1) is 8.21. The van der Waals surface area contributed by atoms with E-state index in [-0.39, 0.29) is 12.4 Å². The molecule has 2 nitrogen and oxygen atoms in total. The van der Waals surface area contributed by atoms with E-state index in [4.69, 9.17) is 0 Å². The second-order valence-corrected chi connectivity index (χ2v) is 1.98. The van der Waals surface area contributed by atoms with E-state index in [2.05, 4.69) is 10.6 Å². The first-order valence-corrected chi connectivity index (χ1v) is 2.81. The topological polar surface area (TPSA) is 24.1 Å².